The highest BCUT2D eigenvalue weighted by Crippen LogP contribution is 2.36. The number of rotatable bonds is 4. The van der Waals surface area contributed by atoms with Crippen molar-refractivity contribution in [2.24, 2.45) is 7.05 Å². The van der Waals surface area contributed by atoms with E-state index in [0.29, 0.717) is 11.3 Å². The van der Waals surface area contributed by atoms with E-state index in [1.54, 1.807) is 25.6 Å². The van der Waals surface area contributed by atoms with E-state index in [0.717, 1.165) is 17.8 Å². The van der Waals surface area contributed by atoms with Gasteiger partial charge in [-0.3, -0.25) is 14.3 Å². The number of hydrogen-bond acceptors (Lipinski definition) is 3. The van der Waals surface area contributed by atoms with Crippen molar-refractivity contribution in [3.8, 4) is 0 Å². The highest BCUT2D eigenvalue weighted by atomic mass is 19.4. The van der Waals surface area contributed by atoms with Crippen LogP contribution in [0.2, 0.25) is 0 Å². The zero-order chi connectivity index (χ0) is 19.6. The highest BCUT2D eigenvalue weighted by Gasteiger charge is 2.34. The van der Waals surface area contributed by atoms with Gasteiger partial charge >= 0.3 is 6.18 Å². The molecular weight excluding hydrogens is 349 g/mol. The van der Waals surface area contributed by atoms with Crippen LogP contribution in [0, 0.1) is 13.8 Å². The molecule has 2 amide bonds. The van der Waals surface area contributed by atoms with Crippen LogP contribution in [0.25, 0.3) is 0 Å². The summed E-state index contributed by atoms with van der Waals surface area (Å²) in [4.78, 5) is 23.3. The van der Waals surface area contributed by atoms with E-state index >= 15 is 0 Å². The number of alkyl halides is 3. The fraction of sp³-hybridized carbons (Fsp3) is 0.353. The van der Waals surface area contributed by atoms with Gasteiger partial charge in [-0.15, -0.1) is 0 Å². The second-order valence-electron chi connectivity index (χ2n) is 5.94. The number of carbonyl (C=O) groups is 2. The first kappa shape index (κ1) is 19.5. The van der Waals surface area contributed by atoms with Gasteiger partial charge in [0, 0.05) is 30.9 Å². The number of nitrogens with zero attached hydrogens (tertiary/aromatic N) is 2. The molecule has 1 aromatic heterocycles. The van der Waals surface area contributed by atoms with Gasteiger partial charge in [-0.1, -0.05) is 0 Å². The maximum absolute atomic E-state index is 13.3. The summed E-state index contributed by atoms with van der Waals surface area (Å²) in [5.74, 6) is -1.07. The van der Waals surface area contributed by atoms with Gasteiger partial charge in [0.2, 0.25) is 11.8 Å². The molecule has 1 aromatic carbocycles. The lowest BCUT2D eigenvalue weighted by Gasteiger charge is -2.15. The number of carbonyl (C=O) groups excluding carboxylic acids is 2. The lowest BCUT2D eigenvalue weighted by molar-refractivity contribution is -0.137. The lowest BCUT2D eigenvalue weighted by Crippen LogP contribution is -2.19. The lowest BCUT2D eigenvalue weighted by atomic mass is 10.1. The van der Waals surface area contributed by atoms with Gasteiger partial charge in [0.1, 0.15) is 0 Å². The Morgan fingerprint density at radius 2 is 1.85 bits per heavy atom. The van der Waals surface area contributed by atoms with Gasteiger partial charge in [0.25, 0.3) is 0 Å². The summed E-state index contributed by atoms with van der Waals surface area (Å²) in [6.45, 7) is 4.71. The maximum atomic E-state index is 13.3. The van der Waals surface area contributed by atoms with Crippen LogP contribution in [0.3, 0.4) is 0 Å². The fourth-order valence-corrected chi connectivity index (χ4v) is 2.60. The third-order valence-corrected chi connectivity index (χ3v) is 3.92. The number of anilines is 2. The van der Waals surface area contributed by atoms with Gasteiger partial charge in [0.15, 0.2) is 0 Å². The number of benzene rings is 1. The van der Waals surface area contributed by atoms with Crippen LogP contribution in [-0.2, 0) is 29.2 Å². The maximum Gasteiger partial charge on any atom is 0.418 e. The molecule has 0 fully saturated rings. The number of halogens is 3. The van der Waals surface area contributed by atoms with Gasteiger partial charge in [-0.25, -0.2) is 0 Å². The molecule has 0 aliphatic rings. The summed E-state index contributed by atoms with van der Waals surface area (Å²) in [5.41, 5.74) is 0.703. The van der Waals surface area contributed by atoms with Crippen molar-refractivity contribution < 1.29 is 22.8 Å². The third kappa shape index (κ3) is 4.41. The van der Waals surface area contributed by atoms with E-state index < -0.39 is 23.6 Å². The van der Waals surface area contributed by atoms with E-state index in [1.807, 2.05) is 0 Å². The first-order valence-electron chi connectivity index (χ1n) is 7.76. The van der Waals surface area contributed by atoms with E-state index in [9.17, 15) is 22.8 Å². The van der Waals surface area contributed by atoms with E-state index in [1.165, 1.54) is 13.0 Å². The Bertz CT molecular complexity index is 856. The van der Waals surface area contributed by atoms with Gasteiger partial charge in [-0.2, -0.15) is 18.3 Å². The van der Waals surface area contributed by atoms with Gasteiger partial charge in [-0.05, 0) is 32.0 Å². The Balaban J connectivity index is 2.27. The number of aryl methyl sites for hydroxylation is 2. The molecule has 0 unspecified atom stereocenters. The largest absolute Gasteiger partial charge is 0.418 e. The van der Waals surface area contributed by atoms with Crippen molar-refractivity contribution in [3.63, 3.8) is 0 Å². The Morgan fingerprint density at radius 1 is 1.19 bits per heavy atom. The first-order valence-corrected chi connectivity index (χ1v) is 7.76. The molecule has 0 aliphatic heterocycles. The molecule has 0 saturated carbocycles. The normalized spacial score (nSPS) is 11.3. The number of nitrogens with one attached hydrogen (secondary N) is 2. The molecule has 0 aliphatic carbocycles. The zero-order valence-electron chi connectivity index (χ0n) is 14.8. The summed E-state index contributed by atoms with van der Waals surface area (Å²) in [7, 11) is 1.73. The van der Waals surface area contributed by atoms with Crippen molar-refractivity contribution >= 4 is 23.2 Å². The molecule has 0 bridgehead atoms. The van der Waals surface area contributed by atoms with Crippen molar-refractivity contribution in [2.75, 3.05) is 10.6 Å². The summed E-state index contributed by atoms with van der Waals surface area (Å²) in [6, 6.07) is 3.21. The van der Waals surface area contributed by atoms with Crippen molar-refractivity contribution in [1.82, 2.24) is 9.78 Å². The van der Waals surface area contributed by atoms with Crippen molar-refractivity contribution in [2.45, 2.75) is 33.4 Å². The predicted octanol–water partition coefficient (Wildman–Crippen LogP) is 3.20. The summed E-state index contributed by atoms with van der Waals surface area (Å²) < 4.78 is 41.5. The molecule has 0 spiro atoms. The summed E-state index contributed by atoms with van der Waals surface area (Å²) >= 11 is 0. The van der Waals surface area contributed by atoms with E-state index in [4.69, 9.17) is 0 Å². The minimum atomic E-state index is -4.68. The minimum Gasteiger partial charge on any atom is -0.326 e. The van der Waals surface area contributed by atoms with Crippen LogP contribution in [0.5, 0.6) is 0 Å². The number of aromatic nitrogens is 2. The molecule has 2 rings (SSSR count). The third-order valence-electron chi connectivity index (χ3n) is 3.92. The molecule has 1 heterocycles. The Hall–Kier alpha value is -2.84. The number of amides is 2. The first-order chi connectivity index (χ1) is 12.0. The topological polar surface area (TPSA) is 76.0 Å². The second-order valence-corrected chi connectivity index (χ2v) is 5.94. The predicted molar refractivity (Wildman–Crippen MR) is 90.8 cm³/mol. The van der Waals surface area contributed by atoms with Crippen molar-refractivity contribution in [3.05, 3.63) is 40.7 Å². The highest BCUT2D eigenvalue weighted by molar-refractivity contribution is 5.94. The van der Waals surface area contributed by atoms with Crippen LogP contribution < -0.4 is 10.6 Å². The molecule has 9 heteroatoms. The molecule has 6 nitrogen and oxygen atoms in total. The Labute approximate surface area is 148 Å². The Morgan fingerprint density at radius 3 is 2.35 bits per heavy atom. The van der Waals surface area contributed by atoms with Crippen LogP contribution in [0.4, 0.5) is 24.5 Å². The van der Waals surface area contributed by atoms with Crippen LogP contribution in [-0.4, -0.2) is 21.6 Å². The zero-order valence-corrected chi connectivity index (χ0v) is 14.8. The minimum absolute atomic E-state index is 0.00164. The van der Waals surface area contributed by atoms with E-state index in [2.05, 4.69) is 15.7 Å². The Kier molecular flexibility index (Phi) is 5.38. The van der Waals surface area contributed by atoms with Crippen LogP contribution in [0.15, 0.2) is 18.2 Å². The molecule has 2 N–H and O–H groups in total. The molecule has 0 atom stereocenters. The molecular formula is C17H19F3N4O2. The van der Waals surface area contributed by atoms with Crippen LogP contribution >= 0.6 is 0 Å². The molecule has 26 heavy (non-hydrogen) atoms. The fourth-order valence-electron chi connectivity index (χ4n) is 2.60. The molecule has 140 valence electrons. The summed E-state index contributed by atoms with van der Waals surface area (Å²) in [5, 5.41) is 8.78. The standard InChI is InChI=1S/C17H19F3N4O2/c1-9-13(10(2)24(4)23-9)8-16(26)22-15-6-5-12(21-11(3)25)7-14(15)17(18,19)20/h5-7H,8H2,1-4H3,(H,21,25)(H,22,26). The SMILES string of the molecule is CC(=O)Nc1ccc(NC(=O)Cc2c(C)nn(C)c2C)c(C(F)(F)F)c1. The number of hydrogen-bond donors (Lipinski definition) is 2. The average molecular weight is 368 g/mol. The summed E-state index contributed by atoms with van der Waals surface area (Å²) in [6.07, 6.45) is -4.77. The quantitative estimate of drug-likeness (QED) is 0.870. The second kappa shape index (κ2) is 7.19. The van der Waals surface area contributed by atoms with Gasteiger partial charge < -0.3 is 10.6 Å². The van der Waals surface area contributed by atoms with Gasteiger partial charge in [0.05, 0.1) is 23.4 Å². The van der Waals surface area contributed by atoms with Crippen LogP contribution in [0.1, 0.15) is 29.4 Å². The van der Waals surface area contributed by atoms with E-state index in [-0.39, 0.29) is 17.8 Å². The molecule has 0 radical (unpaired) electrons. The average Bonchev–Trinajstić information content (AvgIpc) is 2.73. The monoisotopic (exact) mass is 368 g/mol. The van der Waals surface area contributed by atoms with Crippen molar-refractivity contribution in [1.29, 1.82) is 0 Å². The smallest absolute Gasteiger partial charge is 0.326 e. The molecule has 0 saturated heterocycles. The molecule has 2 aromatic rings.